The number of ether oxygens (including phenoxy) is 1. The van der Waals surface area contributed by atoms with Gasteiger partial charge in [0.05, 0.1) is 6.54 Å². The molecule has 2 saturated heterocycles. The number of piperidine rings is 1. The SMILES string of the molecule is Cn1cnnc1C1CCN(Cc2noc(C3CCCO3)n2)CC1. The quantitative estimate of drug-likeness (QED) is 0.843. The second-order valence-electron chi connectivity index (χ2n) is 6.40. The van der Waals surface area contributed by atoms with E-state index in [2.05, 4.69) is 25.2 Å². The van der Waals surface area contributed by atoms with E-state index in [9.17, 15) is 0 Å². The van der Waals surface area contributed by atoms with E-state index in [1.165, 1.54) is 0 Å². The Hall–Kier alpha value is -1.80. The van der Waals surface area contributed by atoms with E-state index < -0.39 is 0 Å². The van der Waals surface area contributed by atoms with Gasteiger partial charge in [0.2, 0.25) is 0 Å². The van der Waals surface area contributed by atoms with Crippen molar-refractivity contribution in [3.05, 3.63) is 23.9 Å². The number of rotatable bonds is 4. The molecule has 23 heavy (non-hydrogen) atoms. The van der Waals surface area contributed by atoms with Crippen LogP contribution in [0, 0.1) is 0 Å². The number of hydrogen-bond acceptors (Lipinski definition) is 7. The molecule has 0 N–H and O–H groups in total. The molecule has 2 aliphatic rings. The Bertz CT molecular complexity index is 640. The van der Waals surface area contributed by atoms with Crippen LogP contribution >= 0.6 is 0 Å². The highest BCUT2D eigenvalue weighted by Crippen LogP contribution is 2.28. The fourth-order valence-corrected chi connectivity index (χ4v) is 3.45. The Labute approximate surface area is 134 Å². The van der Waals surface area contributed by atoms with Gasteiger partial charge in [0.25, 0.3) is 5.89 Å². The summed E-state index contributed by atoms with van der Waals surface area (Å²) in [6, 6.07) is 0. The summed E-state index contributed by atoms with van der Waals surface area (Å²) in [7, 11) is 2.01. The minimum atomic E-state index is -0.00194. The van der Waals surface area contributed by atoms with Gasteiger partial charge in [-0.15, -0.1) is 10.2 Å². The smallest absolute Gasteiger partial charge is 0.255 e. The van der Waals surface area contributed by atoms with Gasteiger partial charge in [0, 0.05) is 19.6 Å². The largest absolute Gasteiger partial charge is 0.368 e. The van der Waals surface area contributed by atoms with Crippen LogP contribution in [-0.4, -0.2) is 49.5 Å². The third-order valence-electron chi connectivity index (χ3n) is 4.75. The Morgan fingerprint density at radius 1 is 1.26 bits per heavy atom. The van der Waals surface area contributed by atoms with Crippen LogP contribution in [0.4, 0.5) is 0 Å². The highest BCUT2D eigenvalue weighted by molar-refractivity contribution is 4.99. The first kappa shape index (κ1) is 14.8. The van der Waals surface area contributed by atoms with Crippen LogP contribution in [0.1, 0.15) is 55.2 Å². The van der Waals surface area contributed by atoms with E-state index in [0.29, 0.717) is 11.8 Å². The summed E-state index contributed by atoms with van der Waals surface area (Å²) in [5.41, 5.74) is 0. The number of nitrogens with zero attached hydrogens (tertiary/aromatic N) is 6. The maximum absolute atomic E-state index is 5.58. The molecular formula is C15H22N6O2. The first-order chi connectivity index (χ1) is 11.3. The molecule has 8 nitrogen and oxygen atoms in total. The predicted molar refractivity (Wildman–Crippen MR) is 80.5 cm³/mol. The Morgan fingerprint density at radius 3 is 2.83 bits per heavy atom. The van der Waals surface area contributed by atoms with Crippen LogP contribution in [-0.2, 0) is 18.3 Å². The van der Waals surface area contributed by atoms with E-state index in [4.69, 9.17) is 9.26 Å². The van der Waals surface area contributed by atoms with Crippen LogP contribution in [0.3, 0.4) is 0 Å². The van der Waals surface area contributed by atoms with E-state index in [1.54, 1.807) is 6.33 Å². The molecule has 2 aliphatic heterocycles. The Morgan fingerprint density at radius 2 is 2.13 bits per heavy atom. The normalized spacial score (nSPS) is 23.6. The summed E-state index contributed by atoms with van der Waals surface area (Å²) in [6.45, 7) is 3.56. The fourth-order valence-electron chi connectivity index (χ4n) is 3.45. The van der Waals surface area contributed by atoms with Gasteiger partial charge in [-0.1, -0.05) is 5.16 Å². The minimum absolute atomic E-state index is 0.00194. The van der Waals surface area contributed by atoms with Gasteiger partial charge in [-0.05, 0) is 38.8 Å². The van der Waals surface area contributed by atoms with Crippen molar-refractivity contribution >= 4 is 0 Å². The van der Waals surface area contributed by atoms with Crippen molar-refractivity contribution in [2.75, 3.05) is 19.7 Å². The van der Waals surface area contributed by atoms with Crippen molar-refractivity contribution in [3.63, 3.8) is 0 Å². The lowest BCUT2D eigenvalue weighted by molar-refractivity contribution is 0.0835. The standard InChI is InChI=1S/C15H22N6O2/c1-20-10-16-18-14(20)11-4-6-21(7-5-11)9-13-17-15(23-19-13)12-3-2-8-22-12/h10-12H,2-9H2,1H3. The van der Waals surface area contributed by atoms with Crippen LogP contribution < -0.4 is 0 Å². The van der Waals surface area contributed by atoms with Gasteiger partial charge in [-0.25, -0.2) is 0 Å². The molecule has 1 atom stereocenters. The summed E-state index contributed by atoms with van der Waals surface area (Å²) in [6.07, 6.45) is 5.99. The molecule has 1 unspecified atom stereocenters. The van der Waals surface area contributed by atoms with Gasteiger partial charge < -0.3 is 13.8 Å². The van der Waals surface area contributed by atoms with Crippen molar-refractivity contribution in [2.45, 2.75) is 44.2 Å². The number of aromatic nitrogens is 5. The topological polar surface area (TPSA) is 82.1 Å². The molecule has 4 rings (SSSR count). The average molecular weight is 318 g/mol. The molecule has 2 aromatic rings. The van der Waals surface area contributed by atoms with E-state index in [0.717, 1.165) is 63.6 Å². The third kappa shape index (κ3) is 3.13. The first-order valence-corrected chi connectivity index (χ1v) is 8.30. The van der Waals surface area contributed by atoms with Crippen molar-refractivity contribution in [2.24, 2.45) is 7.05 Å². The summed E-state index contributed by atoms with van der Waals surface area (Å²) in [5, 5.41) is 12.3. The lowest BCUT2D eigenvalue weighted by Crippen LogP contribution is -2.33. The van der Waals surface area contributed by atoms with Crippen LogP contribution in [0.25, 0.3) is 0 Å². The van der Waals surface area contributed by atoms with Gasteiger partial charge in [0.1, 0.15) is 18.3 Å². The molecule has 2 fully saturated rings. The zero-order valence-corrected chi connectivity index (χ0v) is 13.4. The highest BCUT2D eigenvalue weighted by Gasteiger charge is 2.27. The Kier molecular flexibility index (Phi) is 4.09. The minimum Gasteiger partial charge on any atom is -0.368 e. The molecule has 8 heteroatoms. The second kappa shape index (κ2) is 6.37. The van der Waals surface area contributed by atoms with E-state index in [1.807, 2.05) is 11.6 Å². The average Bonchev–Trinajstić information content (AvgIpc) is 3.29. The molecule has 2 aromatic heterocycles. The molecule has 0 radical (unpaired) electrons. The van der Waals surface area contributed by atoms with Crippen LogP contribution in [0.2, 0.25) is 0 Å². The number of likely N-dealkylation sites (tertiary alicyclic amines) is 1. The Balaban J connectivity index is 1.32. The second-order valence-corrected chi connectivity index (χ2v) is 6.40. The van der Waals surface area contributed by atoms with Gasteiger partial charge >= 0.3 is 0 Å². The summed E-state index contributed by atoms with van der Waals surface area (Å²) in [4.78, 5) is 6.87. The molecular weight excluding hydrogens is 296 g/mol. The van der Waals surface area contributed by atoms with E-state index in [-0.39, 0.29) is 6.10 Å². The summed E-state index contributed by atoms with van der Waals surface area (Å²) >= 11 is 0. The lowest BCUT2D eigenvalue weighted by Gasteiger charge is -2.30. The molecule has 0 saturated carbocycles. The molecule has 124 valence electrons. The monoisotopic (exact) mass is 318 g/mol. The zero-order chi connectivity index (χ0) is 15.6. The van der Waals surface area contributed by atoms with Gasteiger partial charge in [0.15, 0.2) is 5.82 Å². The molecule has 0 aliphatic carbocycles. The van der Waals surface area contributed by atoms with Crippen molar-refractivity contribution in [1.82, 2.24) is 29.8 Å². The zero-order valence-electron chi connectivity index (χ0n) is 13.4. The molecule has 4 heterocycles. The maximum atomic E-state index is 5.58. The van der Waals surface area contributed by atoms with Gasteiger partial charge in [-0.3, -0.25) is 4.90 Å². The van der Waals surface area contributed by atoms with Crippen LogP contribution in [0.15, 0.2) is 10.9 Å². The van der Waals surface area contributed by atoms with Crippen molar-refractivity contribution < 1.29 is 9.26 Å². The van der Waals surface area contributed by atoms with E-state index >= 15 is 0 Å². The first-order valence-electron chi connectivity index (χ1n) is 8.30. The summed E-state index contributed by atoms with van der Waals surface area (Å²) < 4.78 is 13.0. The molecule has 0 aromatic carbocycles. The molecule has 0 spiro atoms. The predicted octanol–water partition coefficient (Wildman–Crippen LogP) is 1.43. The third-order valence-corrected chi connectivity index (χ3v) is 4.75. The number of hydrogen-bond donors (Lipinski definition) is 0. The molecule has 0 amide bonds. The fraction of sp³-hybridized carbons (Fsp3) is 0.733. The van der Waals surface area contributed by atoms with Crippen molar-refractivity contribution in [3.8, 4) is 0 Å². The number of aryl methyl sites for hydroxylation is 1. The van der Waals surface area contributed by atoms with Gasteiger partial charge in [-0.2, -0.15) is 4.98 Å². The lowest BCUT2D eigenvalue weighted by atomic mass is 9.96. The van der Waals surface area contributed by atoms with Crippen molar-refractivity contribution in [1.29, 1.82) is 0 Å². The maximum Gasteiger partial charge on any atom is 0.255 e. The molecule has 0 bridgehead atoms. The summed E-state index contributed by atoms with van der Waals surface area (Å²) in [5.74, 6) is 2.97. The highest BCUT2D eigenvalue weighted by atomic mass is 16.5. The van der Waals surface area contributed by atoms with Crippen LogP contribution in [0.5, 0.6) is 0 Å².